The fraction of sp³-hybridized carbons (Fsp3) is 0.412. The first-order valence-electron chi connectivity index (χ1n) is 14.5. The Kier molecular flexibility index (Phi) is 6.17. The van der Waals surface area contributed by atoms with E-state index in [9.17, 15) is 0 Å². The number of nitrogens with zero attached hydrogens (tertiary/aromatic N) is 2. The molecule has 8 bridgehead atoms. The highest BCUT2D eigenvalue weighted by Crippen LogP contribution is 2.42. The van der Waals surface area contributed by atoms with Crippen LogP contribution in [-0.2, 0) is 19.3 Å². The molecule has 2 aliphatic heterocycles. The van der Waals surface area contributed by atoms with Crippen molar-refractivity contribution in [2.75, 3.05) is 0 Å². The Morgan fingerprint density at radius 2 is 1.18 bits per heavy atom. The predicted octanol–water partition coefficient (Wildman–Crippen LogP) is 9.05. The van der Waals surface area contributed by atoms with Crippen LogP contribution < -0.4 is 0 Å². The summed E-state index contributed by atoms with van der Waals surface area (Å²) >= 11 is 0. The van der Waals surface area contributed by atoms with Crippen LogP contribution in [0.3, 0.4) is 0 Å². The van der Waals surface area contributed by atoms with Crippen LogP contribution in [0.1, 0.15) is 111 Å². The summed E-state index contributed by atoms with van der Waals surface area (Å²) in [5, 5.41) is 0. The molecule has 5 heterocycles. The highest BCUT2D eigenvalue weighted by molar-refractivity contribution is 5.97. The van der Waals surface area contributed by atoms with Gasteiger partial charge in [-0.1, -0.05) is 20.8 Å². The van der Waals surface area contributed by atoms with E-state index < -0.39 is 0 Å². The van der Waals surface area contributed by atoms with Crippen LogP contribution in [0.2, 0.25) is 0 Å². The van der Waals surface area contributed by atoms with E-state index in [1.54, 1.807) is 0 Å². The van der Waals surface area contributed by atoms with Gasteiger partial charge in [-0.3, -0.25) is 0 Å². The minimum Gasteiger partial charge on any atom is -0.355 e. The summed E-state index contributed by atoms with van der Waals surface area (Å²) < 4.78 is 0. The topological polar surface area (TPSA) is 57.4 Å². The molecule has 4 nitrogen and oxygen atoms in total. The number of rotatable bonds is 3. The number of allylic oxidation sites excluding steroid dienone is 4. The molecule has 0 radical (unpaired) electrons. The average Bonchev–Trinajstić information content (AvgIpc) is 3.52. The maximum atomic E-state index is 5.35. The molecule has 0 saturated carbocycles. The molecular formula is C34H40N4. The molecule has 2 N–H and O–H groups in total. The molecule has 0 saturated heterocycles. The van der Waals surface area contributed by atoms with E-state index in [1.807, 2.05) is 0 Å². The number of fused-ring (bicyclic) bond motifs is 8. The van der Waals surface area contributed by atoms with Gasteiger partial charge in [0.25, 0.3) is 0 Å². The van der Waals surface area contributed by atoms with Crippen LogP contribution in [0.4, 0.5) is 0 Å². The summed E-state index contributed by atoms with van der Waals surface area (Å²) in [6.07, 6.45) is 7.48. The highest BCUT2D eigenvalue weighted by atomic mass is 14.8. The first-order valence-corrected chi connectivity index (χ1v) is 14.5. The second kappa shape index (κ2) is 9.41. The molecule has 196 valence electrons. The first-order chi connectivity index (χ1) is 18.4. The molecular weight excluding hydrogens is 464 g/mol. The molecule has 6 rings (SSSR count). The third-order valence-corrected chi connectivity index (χ3v) is 9.20. The average molecular weight is 505 g/mol. The van der Waals surface area contributed by atoms with E-state index in [0.29, 0.717) is 0 Å². The number of aryl methyl sites for hydroxylation is 4. The summed E-state index contributed by atoms with van der Waals surface area (Å²) in [6, 6.07) is 6.89. The maximum absolute atomic E-state index is 5.35. The van der Waals surface area contributed by atoms with Gasteiger partial charge in [0, 0.05) is 27.6 Å². The highest BCUT2D eigenvalue weighted by Gasteiger charge is 2.27. The van der Waals surface area contributed by atoms with Crippen molar-refractivity contribution < 1.29 is 0 Å². The number of H-pyrrole nitrogens is 2. The SMILES string of the molecule is CCC1=C(C)c2cc3[nH]c(cc4[nH]c(cc5nc6c(c1n2)CCCCC6=C5C)c(C)c4CC)c(CC)c3C. The van der Waals surface area contributed by atoms with Gasteiger partial charge in [-0.15, -0.1) is 0 Å². The van der Waals surface area contributed by atoms with Crippen LogP contribution in [0.5, 0.6) is 0 Å². The van der Waals surface area contributed by atoms with Crippen molar-refractivity contribution in [3.8, 4) is 0 Å². The second-order valence-electron chi connectivity index (χ2n) is 11.2. The smallest absolute Gasteiger partial charge is 0.0726 e. The summed E-state index contributed by atoms with van der Waals surface area (Å²) in [4.78, 5) is 18.3. The zero-order chi connectivity index (χ0) is 26.7. The van der Waals surface area contributed by atoms with Gasteiger partial charge in [0.1, 0.15) is 0 Å². The molecule has 1 aliphatic carbocycles. The number of aromatic nitrogens is 4. The number of hydrogen-bond donors (Lipinski definition) is 2. The molecule has 38 heavy (non-hydrogen) atoms. The van der Waals surface area contributed by atoms with Crippen LogP contribution in [0.25, 0.3) is 44.4 Å². The fourth-order valence-electron chi connectivity index (χ4n) is 6.90. The van der Waals surface area contributed by atoms with Crippen molar-refractivity contribution in [3.63, 3.8) is 0 Å². The Morgan fingerprint density at radius 3 is 1.76 bits per heavy atom. The van der Waals surface area contributed by atoms with Gasteiger partial charge in [0.2, 0.25) is 0 Å². The van der Waals surface area contributed by atoms with Crippen LogP contribution in [-0.4, -0.2) is 19.9 Å². The molecule has 0 aromatic carbocycles. The zero-order valence-electron chi connectivity index (χ0n) is 24.1. The minimum atomic E-state index is 0.979. The molecule has 0 spiro atoms. The Morgan fingerprint density at radius 1 is 0.632 bits per heavy atom. The van der Waals surface area contributed by atoms with Gasteiger partial charge >= 0.3 is 0 Å². The number of nitrogens with one attached hydrogen (secondary N) is 2. The Labute approximate surface area is 226 Å². The summed E-state index contributed by atoms with van der Waals surface area (Å²) in [6.45, 7) is 15.8. The molecule has 3 aliphatic rings. The van der Waals surface area contributed by atoms with Gasteiger partial charge in [0.15, 0.2) is 0 Å². The van der Waals surface area contributed by atoms with Crippen molar-refractivity contribution in [1.82, 2.24) is 19.9 Å². The number of aromatic amines is 2. The molecule has 3 aromatic rings. The van der Waals surface area contributed by atoms with Crippen LogP contribution in [0, 0.1) is 13.8 Å². The predicted molar refractivity (Wildman–Crippen MR) is 162 cm³/mol. The fourth-order valence-corrected chi connectivity index (χ4v) is 6.90. The lowest BCUT2D eigenvalue weighted by molar-refractivity contribution is 0.768. The zero-order valence-corrected chi connectivity index (χ0v) is 24.1. The molecule has 0 amide bonds. The van der Waals surface area contributed by atoms with E-state index in [4.69, 9.17) is 9.97 Å². The van der Waals surface area contributed by atoms with Crippen molar-refractivity contribution >= 4 is 44.4 Å². The van der Waals surface area contributed by atoms with Gasteiger partial charge < -0.3 is 9.97 Å². The lowest BCUT2D eigenvalue weighted by Gasteiger charge is -2.08. The van der Waals surface area contributed by atoms with E-state index in [-0.39, 0.29) is 0 Å². The quantitative estimate of drug-likeness (QED) is 0.374. The monoisotopic (exact) mass is 504 g/mol. The van der Waals surface area contributed by atoms with E-state index in [1.165, 1.54) is 96.4 Å². The van der Waals surface area contributed by atoms with E-state index in [0.717, 1.165) is 43.5 Å². The van der Waals surface area contributed by atoms with Gasteiger partial charge in [-0.05, 0) is 135 Å². The molecule has 0 unspecified atom stereocenters. The van der Waals surface area contributed by atoms with E-state index >= 15 is 0 Å². The van der Waals surface area contributed by atoms with Crippen molar-refractivity contribution in [3.05, 3.63) is 68.8 Å². The van der Waals surface area contributed by atoms with Gasteiger partial charge in [-0.2, -0.15) is 0 Å². The lowest BCUT2D eigenvalue weighted by Crippen LogP contribution is -1.96. The molecule has 0 fully saturated rings. The minimum absolute atomic E-state index is 0.979. The van der Waals surface area contributed by atoms with Crippen molar-refractivity contribution in [2.24, 2.45) is 0 Å². The third kappa shape index (κ3) is 3.72. The third-order valence-electron chi connectivity index (χ3n) is 9.20. The van der Waals surface area contributed by atoms with Crippen molar-refractivity contribution in [1.29, 1.82) is 0 Å². The Bertz CT molecular complexity index is 1700. The first kappa shape index (κ1) is 24.9. The maximum Gasteiger partial charge on any atom is 0.0726 e. The Balaban J connectivity index is 1.84. The molecule has 4 heteroatoms. The van der Waals surface area contributed by atoms with Crippen LogP contribution in [0.15, 0.2) is 18.2 Å². The van der Waals surface area contributed by atoms with Crippen LogP contribution >= 0.6 is 0 Å². The largest absolute Gasteiger partial charge is 0.355 e. The summed E-state index contributed by atoms with van der Waals surface area (Å²) in [7, 11) is 0. The molecule has 0 atom stereocenters. The molecule has 3 aromatic heterocycles. The van der Waals surface area contributed by atoms with E-state index in [2.05, 4.69) is 76.6 Å². The normalized spacial score (nSPS) is 15.4. The van der Waals surface area contributed by atoms with Gasteiger partial charge in [0.05, 0.1) is 22.8 Å². The number of hydrogen-bond acceptors (Lipinski definition) is 2. The summed E-state index contributed by atoms with van der Waals surface area (Å²) in [5.41, 5.74) is 21.4. The second-order valence-corrected chi connectivity index (χ2v) is 11.2. The Hall–Kier alpha value is -3.40. The summed E-state index contributed by atoms with van der Waals surface area (Å²) in [5.74, 6) is 0. The lowest BCUT2D eigenvalue weighted by atomic mass is 9.96. The van der Waals surface area contributed by atoms with Gasteiger partial charge in [-0.25, -0.2) is 9.97 Å². The van der Waals surface area contributed by atoms with Crippen molar-refractivity contribution in [2.45, 2.75) is 93.4 Å². The standard InChI is InChI=1S/C34H40N4/c1-8-22-18(4)27-15-29-20(6)24(10-3)33(37-29)26-14-12-11-13-25-21(7)30(38-34(25)26)16-28-19(5)23(9-2)32(36-28)17-31(22)35-27/h15-17,35-36H,8-14H2,1-7H3.